The topological polar surface area (TPSA) is 118 Å². The van der Waals surface area contributed by atoms with E-state index in [9.17, 15) is 14.4 Å². The number of anilines is 2. The van der Waals surface area contributed by atoms with Crippen molar-refractivity contribution in [3.63, 3.8) is 0 Å². The van der Waals surface area contributed by atoms with Gasteiger partial charge in [0.15, 0.2) is 0 Å². The quantitative estimate of drug-likeness (QED) is 0.363. The highest BCUT2D eigenvalue weighted by atomic mass is 16.5. The summed E-state index contributed by atoms with van der Waals surface area (Å²) in [6, 6.07) is 10.5. The van der Waals surface area contributed by atoms with E-state index >= 15 is 0 Å². The van der Waals surface area contributed by atoms with Crippen LogP contribution in [0.3, 0.4) is 0 Å². The third-order valence-corrected chi connectivity index (χ3v) is 5.95. The number of benzene rings is 2. The Morgan fingerprint density at radius 2 is 1.84 bits per heavy atom. The molecule has 0 bridgehead atoms. The van der Waals surface area contributed by atoms with Crippen LogP contribution in [0.15, 0.2) is 53.7 Å². The normalized spacial score (nSPS) is 15.2. The van der Waals surface area contributed by atoms with Crippen LogP contribution in [0.2, 0.25) is 0 Å². The van der Waals surface area contributed by atoms with E-state index in [-0.39, 0.29) is 18.6 Å². The van der Waals surface area contributed by atoms with Crippen LogP contribution in [-0.2, 0) is 9.53 Å². The van der Waals surface area contributed by atoms with Crippen LogP contribution in [0.25, 0.3) is 0 Å². The van der Waals surface area contributed by atoms with Gasteiger partial charge in [-0.05, 0) is 49.1 Å². The minimum absolute atomic E-state index is 0.165. The molecule has 4 amide bonds. The first-order chi connectivity index (χ1) is 18.2. The fraction of sp³-hybridized carbons (Fsp3) is 0.393. The molecule has 1 atom stereocenters. The molecule has 1 unspecified atom stereocenters. The second kappa shape index (κ2) is 12.8. The van der Waals surface area contributed by atoms with Gasteiger partial charge in [0, 0.05) is 24.0 Å². The molecule has 0 radical (unpaired) electrons. The van der Waals surface area contributed by atoms with Crippen molar-refractivity contribution < 1.29 is 28.6 Å². The Balaban J connectivity index is 1.86. The minimum Gasteiger partial charge on any atom is -0.497 e. The van der Waals surface area contributed by atoms with E-state index in [1.54, 1.807) is 61.4 Å². The Morgan fingerprint density at radius 1 is 1.08 bits per heavy atom. The van der Waals surface area contributed by atoms with Crippen molar-refractivity contribution in [1.82, 2.24) is 10.2 Å². The predicted octanol–water partition coefficient (Wildman–Crippen LogP) is 5.30. The van der Waals surface area contributed by atoms with Gasteiger partial charge in [0.2, 0.25) is 0 Å². The molecule has 2 aromatic carbocycles. The number of rotatable bonds is 10. The molecule has 38 heavy (non-hydrogen) atoms. The standard InChI is InChI=1S/C28H36N4O6/c1-7-13-32-18(4)24(26(33)38-16-17(2)3)25(31-28(32)35)19-9-8-10-20(14-19)29-27(34)30-22-12-11-21(36-5)15-23(22)37-6/h8-12,14-15,17,25H,7,13,16H2,1-6H3,(H,31,35)(H2,29,30,34). The summed E-state index contributed by atoms with van der Waals surface area (Å²) in [5, 5.41) is 8.49. The van der Waals surface area contributed by atoms with Gasteiger partial charge in [-0.25, -0.2) is 14.4 Å². The van der Waals surface area contributed by atoms with Crippen molar-refractivity contribution in [2.75, 3.05) is 38.0 Å². The van der Waals surface area contributed by atoms with Gasteiger partial charge in [-0.3, -0.25) is 4.90 Å². The number of hydrogen-bond acceptors (Lipinski definition) is 6. The van der Waals surface area contributed by atoms with Gasteiger partial charge < -0.3 is 30.2 Å². The molecule has 1 aliphatic rings. The smallest absolute Gasteiger partial charge is 0.338 e. The number of carbonyl (C=O) groups is 3. The molecule has 3 N–H and O–H groups in total. The Hall–Kier alpha value is -4.21. The monoisotopic (exact) mass is 524 g/mol. The second-order valence-electron chi connectivity index (χ2n) is 9.30. The van der Waals surface area contributed by atoms with Crippen LogP contribution < -0.4 is 25.4 Å². The molecule has 0 aromatic heterocycles. The number of allylic oxidation sites excluding steroid dienone is 1. The summed E-state index contributed by atoms with van der Waals surface area (Å²) in [6.45, 7) is 8.37. The highest BCUT2D eigenvalue weighted by Gasteiger charge is 2.36. The van der Waals surface area contributed by atoms with E-state index in [0.717, 1.165) is 6.42 Å². The van der Waals surface area contributed by atoms with Crippen molar-refractivity contribution >= 4 is 29.4 Å². The molecule has 1 heterocycles. The lowest BCUT2D eigenvalue weighted by Crippen LogP contribution is -2.48. The van der Waals surface area contributed by atoms with Crippen LogP contribution in [0.5, 0.6) is 11.5 Å². The van der Waals surface area contributed by atoms with Gasteiger partial charge >= 0.3 is 18.0 Å². The summed E-state index contributed by atoms with van der Waals surface area (Å²) in [5.74, 6) is 0.724. The maximum Gasteiger partial charge on any atom is 0.338 e. The lowest BCUT2D eigenvalue weighted by Gasteiger charge is -2.35. The Morgan fingerprint density at radius 3 is 2.50 bits per heavy atom. The molecule has 2 aromatic rings. The molecular weight excluding hydrogens is 488 g/mol. The highest BCUT2D eigenvalue weighted by Crippen LogP contribution is 2.33. The number of amides is 4. The van der Waals surface area contributed by atoms with E-state index in [1.807, 2.05) is 20.8 Å². The highest BCUT2D eigenvalue weighted by molar-refractivity contribution is 6.01. The maximum absolute atomic E-state index is 13.2. The van der Waals surface area contributed by atoms with Crippen molar-refractivity contribution in [3.05, 3.63) is 59.3 Å². The SMILES string of the molecule is CCCN1C(=O)NC(c2cccc(NC(=O)Nc3ccc(OC)cc3OC)c2)C(C(=O)OCC(C)C)=C1C. The molecule has 0 aliphatic carbocycles. The first-order valence-electron chi connectivity index (χ1n) is 12.5. The molecule has 0 saturated heterocycles. The Labute approximate surface area is 223 Å². The molecule has 0 saturated carbocycles. The number of urea groups is 2. The number of carbonyl (C=O) groups excluding carboxylic acids is 3. The third-order valence-electron chi connectivity index (χ3n) is 5.95. The van der Waals surface area contributed by atoms with Crippen molar-refractivity contribution in [2.45, 2.75) is 40.2 Å². The van der Waals surface area contributed by atoms with Crippen LogP contribution in [-0.4, -0.2) is 50.3 Å². The van der Waals surface area contributed by atoms with E-state index in [2.05, 4.69) is 16.0 Å². The summed E-state index contributed by atoms with van der Waals surface area (Å²) in [5.41, 5.74) is 2.49. The summed E-state index contributed by atoms with van der Waals surface area (Å²) in [4.78, 5) is 40.4. The molecule has 10 heteroatoms. The van der Waals surface area contributed by atoms with Crippen LogP contribution >= 0.6 is 0 Å². The molecule has 3 rings (SSSR count). The average molecular weight is 525 g/mol. The zero-order valence-electron chi connectivity index (χ0n) is 22.7. The first kappa shape index (κ1) is 28.4. The Bertz CT molecular complexity index is 1210. The summed E-state index contributed by atoms with van der Waals surface area (Å²) < 4.78 is 16.1. The predicted molar refractivity (Wildman–Crippen MR) is 145 cm³/mol. The number of nitrogens with one attached hydrogen (secondary N) is 3. The molecule has 10 nitrogen and oxygen atoms in total. The van der Waals surface area contributed by atoms with Gasteiger partial charge in [0.1, 0.15) is 11.5 Å². The van der Waals surface area contributed by atoms with E-state index in [1.165, 1.54) is 7.11 Å². The zero-order chi connectivity index (χ0) is 27.8. The summed E-state index contributed by atoms with van der Waals surface area (Å²) in [6.07, 6.45) is 0.733. The number of esters is 1. The van der Waals surface area contributed by atoms with Gasteiger partial charge in [0.25, 0.3) is 0 Å². The van der Waals surface area contributed by atoms with Gasteiger partial charge in [0.05, 0.1) is 38.1 Å². The fourth-order valence-electron chi connectivity index (χ4n) is 4.09. The van der Waals surface area contributed by atoms with Gasteiger partial charge in [-0.2, -0.15) is 0 Å². The number of ether oxygens (including phenoxy) is 3. The third kappa shape index (κ3) is 6.76. The van der Waals surface area contributed by atoms with Crippen molar-refractivity contribution in [2.24, 2.45) is 5.92 Å². The van der Waals surface area contributed by atoms with E-state index < -0.39 is 18.0 Å². The first-order valence-corrected chi connectivity index (χ1v) is 12.5. The summed E-state index contributed by atoms with van der Waals surface area (Å²) >= 11 is 0. The van der Waals surface area contributed by atoms with Crippen LogP contribution in [0, 0.1) is 5.92 Å². The summed E-state index contributed by atoms with van der Waals surface area (Å²) in [7, 11) is 3.05. The maximum atomic E-state index is 13.2. The van der Waals surface area contributed by atoms with Crippen LogP contribution in [0.4, 0.5) is 21.0 Å². The minimum atomic E-state index is -0.734. The molecule has 1 aliphatic heterocycles. The number of nitrogens with zero attached hydrogens (tertiary/aromatic N) is 1. The van der Waals surface area contributed by atoms with Crippen molar-refractivity contribution in [1.29, 1.82) is 0 Å². The fourth-order valence-corrected chi connectivity index (χ4v) is 4.09. The molecular formula is C28H36N4O6. The lowest BCUT2D eigenvalue weighted by molar-refractivity contribution is -0.140. The van der Waals surface area contributed by atoms with Gasteiger partial charge in [-0.15, -0.1) is 0 Å². The number of methoxy groups -OCH3 is 2. The zero-order valence-corrected chi connectivity index (χ0v) is 22.7. The molecule has 0 fully saturated rings. The molecule has 0 spiro atoms. The van der Waals surface area contributed by atoms with E-state index in [0.29, 0.717) is 46.3 Å². The largest absolute Gasteiger partial charge is 0.497 e. The Kier molecular flexibility index (Phi) is 9.59. The van der Waals surface area contributed by atoms with Gasteiger partial charge in [-0.1, -0.05) is 32.9 Å². The molecule has 204 valence electrons. The van der Waals surface area contributed by atoms with Crippen molar-refractivity contribution in [3.8, 4) is 11.5 Å². The second-order valence-corrected chi connectivity index (χ2v) is 9.30. The average Bonchev–Trinajstić information content (AvgIpc) is 2.89. The number of hydrogen-bond donors (Lipinski definition) is 3. The van der Waals surface area contributed by atoms with E-state index in [4.69, 9.17) is 14.2 Å². The lowest BCUT2D eigenvalue weighted by atomic mass is 9.94. The van der Waals surface area contributed by atoms with Crippen LogP contribution in [0.1, 0.15) is 45.7 Å².